The molecule has 0 saturated carbocycles. The van der Waals surface area contributed by atoms with Crippen LogP contribution in [0.5, 0.6) is 0 Å². The van der Waals surface area contributed by atoms with E-state index in [-0.39, 0.29) is 23.2 Å². The van der Waals surface area contributed by atoms with E-state index < -0.39 is 5.82 Å². The molecule has 6 heteroatoms. The van der Waals surface area contributed by atoms with Gasteiger partial charge in [-0.05, 0) is 30.3 Å². The molecular weight excluding hydrogens is 305 g/mol. The highest BCUT2D eigenvalue weighted by Crippen LogP contribution is 2.21. The second-order valence-corrected chi connectivity index (χ2v) is 5.03. The summed E-state index contributed by atoms with van der Waals surface area (Å²) in [7, 11) is 0. The number of fused-ring (bicyclic) bond motifs is 1. The number of halogens is 2. The maximum absolute atomic E-state index is 13.2. The Bertz CT molecular complexity index is 839. The standard InChI is InChI=1S/C16H11ClFN3O/c17-15-13(7-10-4-5-11(18)8-14(10)21-15)16(22)20-9-12-3-1-2-6-19-12/h1-8H,9H2,(H,20,22). The first-order valence-corrected chi connectivity index (χ1v) is 6.95. The highest BCUT2D eigenvalue weighted by molar-refractivity contribution is 6.33. The van der Waals surface area contributed by atoms with Gasteiger partial charge in [-0.2, -0.15) is 0 Å². The number of carbonyl (C=O) groups is 1. The lowest BCUT2D eigenvalue weighted by molar-refractivity contribution is 0.0950. The zero-order valence-corrected chi connectivity index (χ0v) is 12.1. The van der Waals surface area contributed by atoms with Gasteiger partial charge in [0, 0.05) is 17.6 Å². The average molecular weight is 316 g/mol. The summed E-state index contributed by atoms with van der Waals surface area (Å²) in [5.41, 5.74) is 1.39. The fourth-order valence-corrected chi connectivity index (χ4v) is 2.28. The van der Waals surface area contributed by atoms with Crippen molar-refractivity contribution in [2.75, 3.05) is 0 Å². The maximum atomic E-state index is 13.2. The largest absolute Gasteiger partial charge is 0.346 e. The van der Waals surface area contributed by atoms with Crippen molar-refractivity contribution < 1.29 is 9.18 Å². The summed E-state index contributed by atoms with van der Waals surface area (Å²) in [6.45, 7) is 0.289. The van der Waals surface area contributed by atoms with Crippen LogP contribution in [0.1, 0.15) is 16.1 Å². The van der Waals surface area contributed by atoms with Crippen molar-refractivity contribution in [3.63, 3.8) is 0 Å². The minimum Gasteiger partial charge on any atom is -0.346 e. The summed E-state index contributed by atoms with van der Waals surface area (Å²) < 4.78 is 13.2. The molecule has 1 aromatic carbocycles. The number of nitrogens with one attached hydrogen (secondary N) is 1. The number of hydrogen-bond acceptors (Lipinski definition) is 3. The third-order valence-electron chi connectivity index (χ3n) is 3.13. The number of rotatable bonds is 3. The number of nitrogens with zero attached hydrogens (tertiary/aromatic N) is 2. The number of carbonyl (C=O) groups excluding carboxylic acids is 1. The van der Waals surface area contributed by atoms with E-state index in [1.165, 1.54) is 12.1 Å². The van der Waals surface area contributed by atoms with E-state index >= 15 is 0 Å². The van der Waals surface area contributed by atoms with E-state index in [1.54, 1.807) is 24.4 Å². The Balaban J connectivity index is 1.84. The van der Waals surface area contributed by atoms with E-state index in [0.29, 0.717) is 10.9 Å². The van der Waals surface area contributed by atoms with Crippen LogP contribution in [0.4, 0.5) is 4.39 Å². The molecule has 0 radical (unpaired) electrons. The summed E-state index contributed by atoms with van der Waals surface area (Å²) in [5.74, 6) is -0.752. The van der Waals surface area contributed by atoms with Gasteiger partial charge >= 0.3 is 0 Å². The van der Waals surface area contributed by atoms with Gasteiger partial charge in [-0.15, -0.1) is 0 Å². The SMILES string of the molecule is O=C(NCc1ccccn1)c1cc2ccc(F)cc2nc1Cl. The van der Waals surface area contributed by atoms with E-state index in [9.17, 15) is 9.18 Å². The topological polar surface area (TPSA) is 54.9 Å². The highest BCUT2D eigenvalue weighted by Gasteiger charge is 2.13. The van der Waals surface area contributed by atoms with Crippen LogP contribution in [0.15, 0.2) is 48.7 Å². The first-order chi connectivity index (χ1) is 10.6. The van der Waals surface area contributed by atoms with Crippen LogP contribution in [0.25, 0.3) is 10.9 Å². The zero-order chi connectivity index (χ0) is 15.5. The lowest BCUT2D eigenvalue weighted by Crippen LogP contribution is -2.23. The predicted octanol–water partition coefficient (Wildman–Crippen LogP) is 3.35. The van der Waals surface area contributed by atoms with Crippen molar-refractivity contribution in [2.24, 2.45) is 0 Å². The first kappa shape index (κ1) is 14.4. The molecule has 1 N–H and O–H groups in total. The Morgan fingerprint density at radius 3 is 2.86 bits per heavy atom. The van der Waals surface area contributed by atoms with Gasteiger partial charge in [0.05, 0.1) is 23.3 Å². The summed E-state index contributed by atoms with van der Waals surface area (Å²) in [6, 6.07) is 11.2. The summed E-state index contributed by atoms with van der Waals surface area (Å²) in [5, 5.41) is 3.42. The molecule has 0 aliphatic carbocycles. The normalized spacial score (nSPS) is 10.6. The second kappa shape index (κ2) is 6.07. The lowest BCUT2D eigenvalue weighted by Gasteiger charge is -2.07. The first-order valence-electron chi connectivity index (χ1n) is 6.57. The molecule has 0 saturated heterocycles. The van der Waals surface area contributed by atoms with Crippen LogP contribution in [0.2, 0.25) is 5.15 Å². The summed E-state index contributed by atoms with van der Waals surface area (Å²) >= 11 is 6.02. The molecule has 0 aliphatic heterocycles. The Morgan fingerprint density at radius 2 is 2.09 bits per heavy atom. The Kier molecular flexibility index (Phi) is 3.98. The number of amides is 1. The van der Waals surface area contributed by atoms with Gasteiger partial charge in [0.2, 0.25) is 0 Å². The fraction of sp³-hybridized carbons (Fsp3) is 0.0625. The Hall–Kier alpha value is -2.53. The van der Waals surface area contributed by atoms with Crippen LogP contribution < -0.4 is 5.32 Å². The van der Waals surface area contributed by atoms with Gasteiger partial charge in [0.25, 0.3) is 5.91 Å². The molecule has 3 rings (SSSR count). The smallest absolute Gasteiger partial charge is 0.254 e. The van der Waals surface area contributed by atoms with E-state index in [4.69, 9.17) is 11.6 Å². The van der Waals surface area contributed by atoms with Crippen molar-refractivity contribution >= 4 is 28.4 Å². The quantitative estimate of drug-likeness (QED) is 0.754. The molecule has 0 fully saturated rings. The second-order valence-electron chi connectivity index (χ2n) is 4.67. The van der Waals surface area contributed by atoms with Crippen LogP contribution >= 0.6 is 11.6 Å². The lowest BCUT2D eigenvalue weighted by atomic mass is 10.1. The molecule has 1 amide bonds. The van der Waals surface area contributed by atoms with Crippen LogP contribution in [0, 0.1) is 5.82 Å². The zero-order valence-electron chi connectivity index (χ0n) is 11.4. The fourth-order valence-electron chi connectivity index (χ4n) is 2.04. The molecule has 3 aromatic rings. The molecule has 0 aliphatic rings. The van der Waals surface area contributed by atoms with Crippen LogP contribution in [-0.4, -0.2) is 15.9 Å². The van der Waals surface area contributed by atoms with Gasteiger partial charge < -0.3 is 5.32 Å². The third-order valence-corrected chi connectivity index (χ3v) is 3.42. The predicted molar refractivity (Wildman–Crippen MR) is 82.1 cm³/mol. The van der Waals surface area contributed by atoms with Crippen molar-refractivity contribution in [2.45, 2.75) is 6.54 Å². The number of benzene rings is 1. The Labute approximate surface area is 131 Å². The molecule has 0 atom stereocenters. The molecular formula is C16H11ClFN3O. The summed E-state index contributed by atoms with van der Waals surface area (Å²) in [6.07, 6.45) is 1.65. The third kappa shape index (κ3) is 3.04. The van der Waals surface area contributed by atoms with Crippen molar-refractivity contribution in [3.8, 4) is 0 Å². The van der Waals surface area contributed by atoms with E-state index in [2.05, 4.69) is 15.3 Å². The molecule has 2 heterocycles. The van der Waals surface area contributed by atoms with Gasteiger partial charge in [-0.25, -0.2) is 9.37 Å². The summed E-state index contributed by atoms with van der Waals surface area (Å²) in [4.78, 5) is 20.4. The maximum Gasteiger partial charge on any atom is 0.254 e. The Morgan fingerprint density at radius 1 is 1.23 bits per heavy atom. The highest BCUT2D eigenvalue weighted by atomic mass is 35.5. The minimum atomic E-state index is -0.400. The van der Waals surface area contributed by atoms with Crippen molar-refractivity contribution in [1.82, 2.24) is 15.3 Å². The minimum absolute atomic E-state index is 0.0385. The molecule has 22 heavy (non-hydrogen) atoms. The molecule has 0 bridgehead atoms. The van der Waals surface area contributed by atoms with Crippen LogP contribution in [0.3, 0.4) is 0 Å². The van der Waals surface area contributed by atoms with Crippen LogP contribution in [-0.2, 0) is 6.54 Å². The number of aromatic nitrogens is 2. The molecule has 2 aromatic heterocycles. The number of hydrogen-bond donors (Lipinski definition) is 1. The van der Waals surface area contributed by atoms with Crippen molar-refractivity contribution in [1.29, 1.82) is 0 Å². The van der Waals surface area contributed by atoms with E-state index in [1.807, 2.05) is 12.1 Å². The molecule has 0 unspecified atom stereocenters. The van der Waals surface area contributed by atoms with E-state index in [0.717, 1.165) is 5.69 Å². The van der Waals surface area contributed by atoms with Crippen molar-refractivity contribution in [3.05, 3.63) is 70.9 Å². The molecule has 4 nitrogen and oxygen atoms in total. The van der Waals surface area contributed by atoms with Gasteiger partial charge in [0.1, 0.15) is 11.0 Å². The molecule has 110 valence electrons. The van der Waals surface area contributed by atoms with Gasteiger partial charge in [-0.1, -0.05) is 17.7 Å². The number of pyridine rings is 2. The molecule has 0 spiro atoms. The van der Waals surface area contributed by atoms with Gasteiger partial charge in [-0.3, -0.25) is 9.78 Å². The van der Waals surface area contributed by atoms with Gasteiger partial charge in [0.15, 0.2) is 0 Å². The average Bonchev–Trinajstić information content (AvgIpc) is 2.53. The monoisotopic (exact) mass is 315 g/mol.